The first-order valence-electron chi connectivity index (χ1n) is 6.82. The molecule has 3 N–H and O–H groups in total. The fourth-order valence-corrected chi connectivity index (χ4v) is 1.84. The van der Waals surface area contributed by atoms with Crippen LogP contribution in [-0.2, 0) is 4.74 Å². The minimum Gasteiger partial charge on any atom is -0.489 e. The maximum Gasteiger partial charge on any atom is 0.138 e. The van der Waals surface area contributed by atoms with Gasteiger partial charge < -0.3 is 9.47 Å². The summed E-state index contributed by atoms with van der Waals surface area (Å²) in [6, 6.07) is 2.06. The SMILES string of the molecule is CCOCCCC(NN)c1cncc(OC(C)C)c1. The third-order valence-electron chi connectivity index (χ3n) is 2.70. The van der Waals surface area contributed by atoms with Gasteiger partial charge in [-0.05, 0) is 45.2 Å². The summed E-state index contributed by atoms with van der Waals surface area (Å²) in [5.41, 5.74) is 3.86. The van der Waals surface area contributed by atoms with E-state index < -0.39 is 0 Å². The first kappa shape index (κ1) is 15.9. The van der Waals surface area contributed by atoms with E-state index in [1.807, 2.05) is 33.0 Å². The summed E-state index contributed by atoms with van der Waals surface area (Å²) in [6.07, 6.45) is 5.54. The van der Waals surface area contributed by atoms with Crippen molar-refractivity contribution < 1.29 is 9.47 Å². The zero-order valence-corrected chi connectivity index (χ0v) is 12.1. The number of hydrazine groups is 1. The van der Waals surface area contributed by atoms with Gasteiger partial charge in [-0.15, -0.1) is 0 Å². The summed E-state index contributed by atoms with van der Waals surface area (Å²) in [7, 11) is 0. The Bertz CT molecular complexity index is 358. The van der Waals surface area contributed by atoms with Gasteiger partial charge in [0, 0.05) is 25.5 Å². The molecule has 0 bridgehead atoms. The highest BCUT2D eigenvalue weighted by molar-refractivity contribution is 5.26. The second kappa shape index (κ2) is 8.85. The first-order chi connectivity index (χ1) is 9.17. The van der Waals surface area contributed by atoms with Crippen LogP contribution in [0.15, 0.2) is 18.5 Å². The van der Waals surface area contributed by atoms with Crippen LogP contribution in [0.3, 0.4) is 0 Å². The number of nitrogens with two attached hydrogens (primary N) is 1. The van der Waals surface area contributed by atoms with E-state index in [2.05, 4.69) is 10.4 Å². The van der Waals surface area contributed by atoms with Crippen LogP contribution in [0.2, 0.25) is 0 Å². The molecule has 1 heterocycles. The van der Waals surface area contributed by atoms with Gasteiger partial charge in [-0.3, -0.25) is 16.3 Å². The molecule has 0 saturated heterocycles. The van der Waals surface area contributed by atoms with Gasteiger partial charge in [0.2, 0.25) is 0 Å². The highest BCUT2D eigenvalue weighted by Gasteiger charge is 2.11. The molecule has 0 aliphatic heterocycles. The molecule has 0 saturated carbocycles. The third-order valence-corrected chi connectivity index (χ3v) is 2.70. The Morgan fingerprint density at radius 2 is 2.16 bits per heavy atom. The number of ether oxygens (including phenoxy) is 2. The van der Waals surface area contributed by atoms with Crippen LogP contribution in [-0.4, -0.2) is 24.3 Å². The summed E-state index contributed by atoms with van der Waals surface area (Å²) in [6.45, 7) is 7.49. The van der Waals surface area contributed by atoms with Crippen LogP contribution in [0.4, 0.5) is 0 Å². The molecule has 0 aliphatic rings. The van der Waals surface area contributed by atoms with Crippen molar-refractivity contribution in [3.63, 3.8) is 0 Å². The fraction of sp³-hybridized carbons (Fsp3) is 0.643. The van der Waals surface area contributed by atoms with E-state index >= 15 is 0 Å². The number of hydrogen-bond donors (Lipinski definition) is 2. The van der Waals surface area contributed by atoms with Gasteiger partial charge >= 0.3 is 0 Å². The van der Waals surface area contributed by atoms with Gasteiger partial charge in [-0.1, -0.05) is 0 Å². The van der Waals surface area contributed by atoms with E-state index in [1.165, 1.54) is 0 Å². The van der Waals surface area contributed by atoms with E-state index in [-0.39, 0.29) is 12.1 Å². The van der Waals surface area contributed by atoms with Crippen LogP contribution in [0.25, 0.3) is 0 Å². The lowest BCUT2D eigenvalue weighted by Gasteiger charge is -2.17. The zero-order valence-electron chi connectivity index (χ0n) is 12.1. The standard InChI is InChI=1S/C14H25N3O2/c1-4-18-7-5-6-14(17-15)12-8-13(10-16-9-12)19-11(2)3/h8-11,14,17H,4-7,15H2,1-3H3. The van der Waals surface area contributed by atoms with Gasteiger partial charge in [0.15, 0.2) is 0 Å². The Kier molecular flexibility index (Phi) is 7.40. The zero-order chi connectivity index (χ0) is 14.1. The number of pyridine rings is 1. The highest BCUT2D eigenvalue weighted by atomic mass is 16.5. The fourth-order valence-electron chi connectivity index (χ4n) is 1.84. The predicted octanol–water partition coefficient (Wildman–Crippen LogP) is 2.19. The number of nitrogens with one attached hydrogen (secondary N) is 1. The minimum atomic E-state index is 0.0728. The summed E-state index contributed by atoms with van der Waals surface area (Å²) in [5, 5.41) is 0. The number of rotatable bonds is 9. The van der Waals surface area contributed by atoms with E-state index in [0.29, 0.717) is 0 Å². The summed E-state index contributed by atoms with van der Waals surface area (Å²) in [4.78, 5) is 4.20. The van der Waals surface area contributed by atoms with Crippen molar-refractivity contribution >= 4 is 0 Å². The van der Waals surface area contributed by atoms with Gasteiger partial charge in [0.25, 0.3) is 0 Å². The molecule has 5 heteroatoms. The van der Waals surface area contributed by atoms with Crippen molar-refractivity contribution in [1.82, 2.24) is 10.4 Å². The molecule has 0 aromatic carbocycles. The number of aromatic nitrogens is 1. The van der Waals surface area contributed by atoms with Crippen molar-refractivity contribution in [2.45, 2.75) is 45.8 Å². The van der Waals surface area contributed by atoms with Crippen molar-refractivity contribution in [2.24, 2.45) is 5.84 Å². The second-order valence-corrected chi connectivity index (χ2v) is 4.68. The predicted molar refractivity (Wildman–Crippen MR) is 75.8 cm³/mol. The van der Waals surface area contributed by atoms with Gasteiger partial charge in [-0.2, -0.15) is 0 Å². The molecule has 1 aromatic heterocycles. The lowest BCUT2D eigenvalue weighted by atomic mass is 10.0. The van der Waals surface area contributed by atoms with Crippen molar-refractivity contribution in [1.29, 1.82) is 0 Å². The third kappa shape index (κ3) is 6.00. The minimum absolute atomic E-state index is 0.0728. The molecule has 19 heavy (non-hydrogen) atoms. The average molecular weight is 267 g/mol. The largest absolute Gasteiger partial charge is 0.489 e. The van der Waals surface area contributed by atoms with Crippen molar-refractivity contribution in [3.8, 4) is 5.75 Å². The Morgan fingerprint density at radius 3 is 2.79 bits per heavy atom. The first-order valence-corrected chi connectivity index (χ1v) is 6.82. The molecule has 5 nitrogen and oxygen atoms in total. The monoisotopic (exact) mass is 267 g/mol. The second-order valence-electron chi connectivity index (χ2n) is 4.68. The molecule has 0 aliphatic carbocycles. The molecule has 0 fully saturated rings. The van der Waals surface area contributed by atoms with E-state index in [9.17, 15) is 0 Å². The Hall–Kier alpha value is -1.17. The van der Waals surface area contributed by atoms with Gasteiger partial charge in [-0.25, -0.2) is 0 Å². The van der Waals surface area contributed by atoms with Crippen LogP contribution in [0.5, 0.6) is 5.75 Å². The van der Waals surface area contributed by atoms with Crippen LogP contribution >= 0.6 is 0 Å². The topological polar surface area (TPSA) is 69.4 Å². The smallest absolute Gasteiger partial charge is 0.138 e. The molecule has 0 amide bonds. The molecule has 1 aromatic rings. The van der Waals surface area contributed by atoms with Crippen LogP contribution in [0, 0.1) is 0 Å². The molecule has 0 radical (unpaired) electrons. The molecule has 1 rings (SSSR count). The van der Waals surface area contributed by atoms with Crippen molar-refractivity contribution in [2.75, 3.05) is 13.2 Å². The quantitative estimate of drug-likeness (QED) is 0.408. The normalized spacial score (nSPS) is 12.7. The maximum absolute atomic E-state index is 5.64. The van der Waals surface area contributed by atoms with Crippen molar-refractivity contribution in [3.05, 3.63) is 24.0 Å². The molecule has 1 atom stereocenters. The van der Waals surface area contributed by atoms with E-state index in [0.717, 1.165) is 37.4 Å². The Labute approximate surface area is 115 Å². The van der Waals surface area contributed by atoms with Crippen LogP contribution in [0.1, 0.15) is 45.2 Å². The summed E-state index contributed by atoms with van der Waals surface area (Å²) < 4.78 is 11.0. The molecular formula is C14H25N3O2. The Balaban J connectivity index is 2.59. The maximum atomic E-state index is 5.64. The van der Waals surface area contributed by atoms with Gasteiger partial charge in [0.05, 0.1) is 12.3 Å². The summed E-state index contributed by atoms with van der Waals surface area (Å²) in [5.74, 6) is 6.39. The molecular weight excluding hydrogens is 242 g/mol. The number of nitrogens with zero attached hydrogens (tertiary/aromatic N) is 1. The lowest BCUT2D eigenvalue weighted by Crippen LogP contribution is -2.28. The Morgan fingerprint density at radius 1 is 1.37 bits per heavy atom. The molecule has 0 spiro atoms. The molecule has 1 unspecified atom stereocenters. The van der Waals surface area contributed by atoms with E-state index in [1.54, 1.807) is 6.20 Å². The number of hydrogen-bond acceptors (Lipinski definition) is 5. The lowest BCUT2D eigenvalue weighted by molar-refractivity contribution is 0.141. The highest BCUT2D eigenvalue weighted by Crippen LogP contribution is 2.21. The van der Waals surface area contributed by atoms with Gasteiger partial charge in [0.1, 0.15) is 5.75 Å². The van der Waals surface area contributed by atoms with E-state index in [4.69, 9.17) is 15.3 Å². The summed E-state index contributed by atoms with van der Waals surface area (Å²) >= 11 is 0. The average Bonchev–Trinajstić information content (AvgIpc) is 2.38. The molecule has 108 valence electrons. The van der Waals surface area contributed by atoms with Crippen LogP contribution < -0.4 is 16.0 Å².